The summed E-state index contributed by atoms with van der Waals surface area (Å²) in [6.45, 7) is 2.13. The smallest absolute Gasteiger partial charge is 0.242 e. The van der Waals surface area contributed by atoms with Crippen molar-refractivity contribution in [3.8, 4) is 0 Å². The zero-order valence-electron chi connectivity index (χ0n) is 22.3. The van der Waals surface area contributed by atoms with Gasteiger partial charge < -0.3 is 10.2 Å². The predicted molar refractivity (Wildman–Crippen MR) is 139 cm³/mol. The lowest BCUT2D eigenvalue weighted by Gasteiger charge is -2.63. The SMILES string of the molecule is CN(C[C@]1(C(=O)CO)CCC2[C@@H]3C[C@H](F)C4=CC(=O)C=C[C@]4(C)[C@@]3(F)[C@@H](O)C[C@@]21C)S(=O)(=O)c1ccccc1. The van der Waals surface area contributed by atoms with Gasteiger partial charge in [-0.15, -0.1) is 0 Å². The molecule has 0 aromatic heterocycles. The van der Waals surface area contributed by atoms with Crippen molar-refractivity contribution < 1.29 is 37.0 Å². The Labute approximate surface area is 227 Å². The van der Waals surface area contributed by atoms with Crippen LogP contribution in [0, 0.1) is 28.1 Å². The van der Waals surface area contributed by atoms with Gasteiger partial charge in [-0.3, -0.25) is 9.59 Å². The highest BCUT2D eigenvalue weighted by Gasteiger charge is 2.75. The van der Waals surface area contributed by atoms with E-state index in [2.05, 4.69) is 0 Å². The van der Waals surface area contributed by atoms with Gasteiger partial charge in [-0.05, 0) is 73.8 Å². The number of fused-ring (bicyclic) bond motifs is 5. The van der Waals surface area contributed by atoms with Gasteiger partial charge in [0.2, 0.25) is 10.0 Å². The Kier molecular flexibility index (Phi) is 6.61. The van der Waals surface area contributed by atoms with Gasteiger partial charge in [-0.25, -0.2) is 17.2 Å². The number of allylic oxidation sites excluding steroid dienone is 4. The third-order valence-corrected chi connectivity index (χ3v) is 12.4. The van der Waals surface area contributed by atoms with E-state index in [1.807, 2.05) is 0 Å². The number of hydrogen-bond donors (Lipinski definition) is 2. The van der Waals surface area contributed by atoms with Crippen molar-refractivity contribution in [1.29, 1.82) is 0 Å². The molecule has 10 heteroatoms. The molecule has 3 saturated carbocycles. The maximum Gasteiger partial charge on any atom is 0.242 e. The first-order valence-electron chi connectivity index (χ1n) is 13.3. The normalized spacial score (nSPS) is 41.5. The van der Waals surface area contributed by atoms with Gasteiger partial charge in [0, 0.05) is 24.9 Å². The van der Waals surface area contributed by atoms with E-state index in [0.29, 0.717) is 6.42 Å². The molecule has 0 radical (unpaired) electrons. The second-order valence-corrected chi connectivity index (χ2v) is 14.2. The molecule has 0 saturated heterocycles. The predicted octanol–water partition coefficient (Wildman–Crippen LogP) is 3.17. The molecule has 2 N–H and O–H groups in total. The molecule has 5 rings (SSSR count). The highest BCUT2D eigenvalue weighted by atomic mass is 32.2. The fourth-order valence-corrected chi connectivity index (χ4v) is 9.77. The zero-order valence-corrected chi connectivity index (χ0v) is 23.1. The maximum absolute atomic E-state index is 17.4. The summed E-state index contributed by atoms with van der Waals surface area (Å²) in [6, 6.07) is 7.77. The minimum absolute atomic E-state index is 0.0146. The molecule has 4 aliphatic rings. The van der Waals surface area contributed by atoms with Crippen LogP contribution >= 0.6 is 0 Å². The summed E-state index contributed by atoms with van der Waals surface area (Å²) in [4.78, 5) is 25.6. The second-order valence-electron chi connectivity index (χ2n) is 12.1. The molecular formula is C29H35F2NO6S. The topological polar surface area (TPSA) is 112 Å². The molecule has 1 aromatic carbocycles. The maximum atomic E-state index is 17.4. The number of sulfonamides is 1. The summed E-state index contributed by atoms with van der Waals surface area (Å²) in [5, 5.41) is 21.6. The van der Waals surface area contributed by atoms with Crippen LogP contribution in [0.15, 0.2) is 59.0 Å². The van der Waals surface area contributed by atoms with Gasteiger partial charge in [-0.1, -0.05) is 31.2 Å². The fourth-order valence-electron chi connectivity index (χ4n) is 8.52. The standard InChI is InChI=1S/C29H35F2NO6S/c1-26-11-9-18(34)13-22(26)23(30)14-21-20-10-12-28(25(36)16-33,27(20,2)15-24(35)29(21,26)31)17-32(3)39(37,38)19-7-5-4-6-8-19/h4-9,11,13,20-21,23-24,33,35H,10,12,14-17H2,1-3H3/t20?,21-,23-,24-,26-,27-,28-,29-/m0/s1. The third kappa shape index (κ3) is 3.64. The van der Waals surface area contributed by atoms with Gasteiger partial charge in [0.1, 0.15) is 12.8 Å². The number of halogens is 2. The van der Waals surface area contributed by atoms with Crippen molar-refractivity contribution in [1.82, 2.24) is 4.31 Å². The molecule has 0 aliphatic heterocycles. The number of Topliss-reactive ketones (excluding diaryl/α,β-unsaturated/α-hetero) is 1. The molecule has 0 heterocycles. The summed E-state index contributed by atoms with van der Waals surface area (Å²) in [6.07, 6.45) is 0.463. The van der Waals surface area contributed by atoms with Crippen LogP contribution in [0.1, 0.15) is 39.5 Å². The van der Waals surface area contributed by atoms with Gasteiger partial charge in [0.15, 0.2) is 17.2 Å². The van der Waals surface area contributed by atoms with Crippen LogP contribution in [0.4, 0.5) is 8.78 Å². The first-order chi connectivity index (χ1) is 18.2. The summed E-state index contributed by atoms with van der Waals surface area (Å²) < 4.78 is 60.9. The van der Waals surface area contributed by atoms with Crippen molar-refractivity contribution in [3.63, 3.8) is 0 Å². The molecule has 1 aromatic rings. The van der Waals surface area contributed by atoms with Crippen LogP contribution in [0.3, 0.4) is 0 Å². The average molecular weight is 564 g/mol. The number of alkyl halides is 2. The van der Waals surface area contributed by atoms with Gasteiger partial charge in [0.25, 0.3) is 0 Å². The average Bonchev–Trinajstić information content (AvgIpc) is 3.19. The number of carbonyl (C=O) groups excluding carboxylic acids is 2. The molecule has 39 heavy (non-hydrogen) atoms. The van der Waals surface area contributed by atoms with Gasteiger partial charge in [0.05, 0.1) is 16.4 Å². The van der Waals surface area contributed by atoms with Crippen molar-refractivity contribution in [2.24, 2.45) is 28.1 Å². The Bertz CT molecular complexity index is 1360. The number of hydrogen-bond acceptors (Lipinski definition) is 6. The van der Waals surface area contributed by atoms with Gasteiger partial charge in [-0.2, -0.15) is 4.31 Å². The summed E-state index contributed by atoms with van der Waals surface area (Å²) in [5.74, 6) is -2.58. The Morgan fingerprint density at radius 2 is 1.85 bits per heavy atom. The summed E-state index contributed by atoms with van der Waals surface area (Å²) in [7, 11) is -2.64. The molecule has 0 bridgehead atoms. The minimum atomic E-state index is -4.01. The Balaban J connectivity index is 1.58. The molecule has 0 spiro atoms. The number of aliphatic hydroxyl groups excluding tert-OH is 2. The van der Waals surface area contributed by atoms with Crippen molar-refractivity contribution >= 4 is 21.6 Å². The molecule has 1 unspecified atom stereocenters. The van der Waals surface area contributed by atoms with Crippen molar-refractivity contribution in [3.05, 3.63) is 54.1 Å². The van der Waals surface area contributed by atoms with Crippen LogP contribution < -0.4 is 0 Å². The molecule has 212 valence electrons. The number of aliphatic hydroxyl groups is 2. The monoisotopic (exact) mass is 563 g/mol. The lowest BCUT2D eigenvalue weighted by atomic mass is 9.43. The molecule has 4 aliphatic carbocycles. The van der Waals surface area contributed by atoms with E-state index < -0.39 is 74.2 Å². The lowest BCUT2D eigenvalue weighted by molar-refractivity contribution is -0.212. The second kappa shape index (κ2) is 9.12. The van der Waals surface area contributed by atoms with Crippen LogP contribution in [0.5, 0.6) is 0 Å². The van der Waals surface area contributed by atoms with Gasteiger partial charge >= 0.3 is 0 Å². The highest BCUT2D eigenvalue weighted by Crippen LogP contribution is 2.72. The number of carbonyl (C=O) groups is 2. The fraction of sp³-hybridized carbons (Fsp3) is 0.586. The summed E-state index contributed by atoms with van der Waals surface area (Å²) in [5.41, 5.74) is -6.39. The molecule has 8 atom stereocenters. The lowest BCUT2D eigenvalue weighted by Crippen LogP contribution is -2.70. The van der Waals surface area contributed by atoms with Crippen LogP contribution in [0.25, 0.3) is 0 Å². The van der Waals surface area contributed by atoms with E-state index >= 15 is 8.78 Å². The number of nitrogens with zero attached hydrogens (tertiary/aromatic N) is 1. The first kappa shape index (κ1) is 28.3. The molecule has 3 fully saturated rings. The first-order valence-corrected chi connectivity index (χ1v) is 14.7. The molecule has 0 amide bonds. The Hall–Kier alpha value is -2.27. The van der Waals surface area contributed by atoms with Crippen LogP contribution in [0.2, 0.25) is 0 Å². The highest BCUT2D eigenvalue weighted by molar-refractivity contribution is 7.89. The van der Waals surface area contributed by atoms with E-state index in [1.165, 1.54) is 38.3 Å². The van der Waals surface area contributed by atoms with Crippen molar-refractivity contribution in [2.75, 3.05) is 20.2 Å². The van der Waals surface area contributed by atoms with Crippen LogP contribution in [-0.2, 0) is 19.6 Å². The minimum Gasteiger partial charge on any atom is -0.390 e. The summed E-state index contributed by atoms with van der Waals surface area (Å²) >= 11 is 0. The van der Waals surface area contributed by atoms with E-state index in [-0.39, 0.29) is 36.3 Å². The van der Waals surface area contributed by atoms with E-state index in [0.717, 1.165) is 10.4 Å². The van der Waals surface area contributed by atoms with Crippen molar-refractivity contribution in [2.45, 2.75) is 62.4 Å². The van der Waals surface area contributed by atoms with E-state index in [9.17, 15) is 28.2 Å². The number of benzene rings is 1. The largest absolute Gasteiger partial charge is 0.390 e. The molecule has 7 nitrogen and oxygen atoms in total. The number of ketones is 2. The van der Waals surface area contributed by atoms with Crippen LogP contribution in [-0.4, -0.2) is 72.6 Å². The quantitative estimate of drug-likeness (QED) is 0.550. The molecular weight excluding hydrogens is 528 g/mol. The zero-order chi connectivity index (χ0) is 28.6. The van der Waals surface area contributed by atoms with E-state index in [1.54, 1.807) is 25.1 Å². The number of rotatable bonds is 6. The third-order valence-electron chi connectivity index (χ3n) is 10.6. The Morgan fingerprint density at radius 1 is 1.18 bits per heavy atom. The van der Waals surface area contributed by atoms with E-state index in [4.69, 9.17) is 0 Å². The Morgan fingerprint density at radius 3 is 2.49 bits per heavy atom.